The van der Waals surface area contributed by atoms with E-state index in [1.165, 1.54) is 44.6 Å². The smallest absolute Gasteiger partial charge is 0.410 e. The Kier molecular flexibility index (Phi) is 13.5. The maximum Gasteiger partial charge on any atom is 0.410 e. The van der Waals surface area contributed by atoms with Crippen molar-refractivity contribution in [3.8, 4) is 0 Å². The molecule has 0 spiro atoms. The highest BCUT2D eigenvalue weighted by molar-refractivity contribution is 6.74. The van der Waals surface area contributed by atoms with Crippen molar-refractivity contribution in [2.75, 3.05) is 26.2 Å². The van der Waals surface area contributed by atoms with Gasteiger partial charge in [-0.15, -0.1) is 0 Å². The molecule has 256 valence electrons. The van der Waals surface area contributed by atoms with E-state index in [1.54, 1.807) is 24.8 Å². The molecule has 2 aliphatic heterocycles. The Labute approximate surface area is 272 Å². The molecule has 0 aromatic rings. The lowest BCUT2D eigenvalue weighted by molar-refractivity contribution is -0.151. The number of aliphatic hydroxyl groups is 1. The van der Waals surface area contributed by atoms with Crippen LogP contribution in [0.2, 0.25) is 18.1 Å². The second-order valence-corrected chi connectivity index (χ2v) is 20.0. The first kappa shape index (κ1) is 37.4. The first-order valence-corrected chi connectivity index (χ1v) is 20.0. The largest absolute Gasteiger partial charge is 0.457 e. The third-order valence-electron chi connectivity index (χ3n) is 10.5. The molecule has 1 aliphatic carbocycles. The summed E-state index contributed by atoms with van der Waals surface area (Å²) >= 11 is 0. The highest BCUT2D eigenvalue weighted by atomic mass is 28.4. The van der Waals surface area contributed by atoms with Crippen LogP contribution < -0.4 is 0 Å². The Morgan fingerprint density at radius 1 is 1.07 bits per heavy atom. The van der Waals surface area contributed by atoms with E-state index in [1.807, 2.05) is 13.0 Å². The number of hydrogen-bond acceptors (Lipinski definition) is 8. The first-order chi connectivity index (χ1) is 21.0. The minimum Gasteiger partial charge on any atom is -0.457 e. The predicted molar refractivity (Wildman–Crippen MR) is 179 cm³/mol. The zero-order valence-corrected chi connectivity index (χ0v) is 30.2. The number of carbonyl (C=O) groups excluding carboxylic acids is 3. The average Bonchev–Trinajstić information content (AvgIpc) is 3.25. The van der Waals surface area contributed by atoms with Crippen molar-refractivity contribution >= 4 is 26.7 Å². The van der Waals surface area contributed by atoms with Crippen LogP contribution in [0.1, 0.15) is 99.3 Å². The minimum atomic E-state index is -2.27. The van der Waals surface area contributed by atoms with Crippen LogP contribution in [0.25, 0.3) is 0 Å². The second kappa shape index (κ2) is 16.2. The van der Waals surface area contributed by atoms with Gasteiger partial charge in [-0.25, -0.2) is 4.79 Å². The maximum absolute atomic E-state index is 13.5. The van der Waals surface area contributed by atoms with E-state index in [9.17, 15) is 19.5 Å². The SMILES string of the molecule is C/C(=C\C=O)[C@H]1OC(=O)C[C@H](O[Si](C)(C)C(C)(C)C)CC[C@@](C)(O)[C@@H](OC(=O)N2CCN(C3CCCCCC3)CC2)/C=C/[C@@H]1C. The molecule has 0 unspecified atom stereocenters. The summed E-state index contributed by atoms with van der Waals surface area (Å²) in [6.07, 6.45) is 11.4. The molecule has 1 N–H and O–H groups in total. The van der Waals surface area contributed by atoms with Crippen LogP contribution in [0.15, 0.2) is 23.8 Å². The molecule has 2 fully saturated rings. The zero-order valence-electron chi connectivity index (χ0n) is 29.2. The summed E-state index contributed by atoms with van der Waals surface area (Å²) in [6.45, 7) is 18.9. The Balaban J connectivity index is 1.82. The summed E-state index contributed by atoms with van der Waals surface area (Å²) in [5.74, 6) is -0.752. The zero-order chi connectivity index (χ0) is 33.4. The molecule has 5 atom stereocenters. The summed E-state index contributed by atoms with van der Waals surface area (Å²) in [5, 5.41) is 11.7. The number of esters is 1. The molecule has 0 aromatic heterocycles. The van der Waals surface area contributed by atoms with Gasteiger partial charge in [0.2, 0.25) is 0 Å². The number of carbonyl (C=O) groups is 3. The Morgan fingerprint density at radius 3 is 2.27 bits per heavy atom. The lowest BCUT2D eigenvalue weighted by Crippen LogP contribution is -2.53. The van der Waals surface area contributed by atoms with Crippen LogP contribution in [-0.4, -0.2) is 97.7 Å². The molecule has 10 heteroatoms. The highest BCUT2D eigenvalue weighted by Crippen LogP contribution is 2.39. The van der Waals surface area contributed by atoms with Crippen molar-refractivity contribution in [2.45, 2.75) is 147 Å². The van der Waals surface area contributed by atoms with Gasteiger partial charge in [-0.05, 0) is 75.4 Å². The van der Waals surface area contributed by atoms with Crippen molar-refractivity contribution in [1.29, 1.82) is 0 Å². The van der Waals surface area contributed by atoms with E-state index < -0.39 is 44.3 Å². The van der Waals surface area contributed by atoms with E-state index in [-0.39, 0.29) is 23.8 Å². The third kappa shape index (κ3) is 10.8. The molecule has 1 amide bonds. The molecule has 1 saturated carbocycles. The molecule has 3 aliphatic rings. The second-order valence-electron chi connectivity index (χ2n) is 15.3. The number of hydrogen-bond donors (Lipinski definition) is 1. The van der Waals surface area contributed by atoms with Crippen LogP contribution in [-0.2, 0) is 23.5 Å². The van der Waals surface area contributed by atoms with E-state index >= 15 is 0 Å². The van der Waals surface area contributed by atoms with Crippen molar-refractivity contribution < 1.29 is 33.4 Å². The molecular formula is C35H60N2O7Si. The summed E-state index contributed by atoms with van der Waals surface area (Å²) in [7, 11) is -2.27. The van der Waals surface area contributed by atoms with Gasteiger partial charge in [-0.3, -0.25) is 14.5 Å². The first-order valence-electron chi connectivity index (χ1n) is 17.1. The molecule has 45 heavy (non-hydrogen) atoms. The molecule has 0 aromatic carbocycles. The summed E-state index contributed by atoms with van der Waals surface area (Å²) in [5.41, 5.74) is -0.795. The van der Waals surface area contributed by atoms with Crippen LogP contribution in [0, 0.1) is 5.92 Å². The average molecular weight is 649 g/mol. The topological polar surface area (TPSA) is 106 Å². The van der Waals surface area contributed by atoms with Gasteiger partial charge in [0, 0.05) is 38.1 Å². The van der Waals surface area contributed by atoms with Gasteiger partial charge in [0.1, 0.15) is 18.0 Å². The fraction of sp³-hybridized carbons (Fsp3) is 0.800. The molecule has 1 saturated heterocycles. The van der Waals surface area contributed by atoms with Gasteiger partial charge in [0.05, 0.1) is 12.5 Å². The van der Waals surface area contributed by atoms with E-state index in [4.69, 9.17) is 13.9 Å². The number of cyclic esters (lactones) is 1. The standard InChI is InChI=1S/C35H60N2O7Si/c1-26-15-16-30(42-33(40)37-22-20-36(21-23-37)28-13-11-9-10-12-14-28)35(6,41)19-17-29(44-45(7,8)34(3,4)5)25-31(39)43-32(26)27(2)18-24-38/h15-16,18,24,26,28-30,32,41H,9-14,17,19-23,25H2,1-8H3/b16-15+,27-18+/t26-,29+,30-,32-,35+/m0/s1. The quantitative estimate of drug-likeness (QED) is 0.0881. The summed E-state index contributed by atoms with van der Waals surface area (Å²) in [6, 6.07) is 0.599. The number of ether oxygens (including phenoxy) is 2. The lowest BCUT2D eigenvalue weighted by atomic mass is 9.89. The Bertz CT molecular complexity index is 1050. The van der Waals surface area contributed by atoms with Gasteiger partial charge in [0.25, 0.3) is 0 Å². The van der Waals surface area contributed by atoms with Gasteiger partial charge < -0.3 is 23.9 Å². The van der Waals surface area contributed by atoms with Crippen LogP contribution in [0.3, 0.4) is 0 Å². The number of allylic oxidation sites excluding steroid dienone is 1. The van der Waals surface area contributed by atoms with Gasteiger partial charge in [0.15, 0.2) is 14.4 Å². The van der Waals surface area contributed by atoms with Gasteiger partial charge in [-0.1, -0.05) is 59.5 Å². The molecule has 3 rings (SSSR count). The number of amides is 1. The lowest BCUT2D eigenvalue weighted by Gasteiger charge is -2.41. The fourth-order valence-corrected chi connectivity index (χ4v) is 7.80. The normalized spacial score (nSPS) is 31.6. The van der Waals surface area contributed by atoms with Crippen LogP contribution in [0.5, 0.6) is 0 Å². The molecule has 0 bridgehead atoms. The van der Waals surface area contributed by atoms with Crippen molar-refractivity contribution in [1.82, 2.24) is 9.80 Å². The molecule has 2 heterocycles. The summed E-state index contributed by atoms with van der Waals surface area (Å²) < 4.78 is 18.7. The van der Waals surface area contributed by atoms with Crippen LogP contribution >= 0.6 is 0 Å². The van der Waals surface area contributed by atoms with Crippen molar-refractivity contribution in [2.24, 2.45) is 5.92 Å². The van der Waals surface area contributed by atoms with Crippen molar-refractivity contribution in [3.63, 3.8) is 0 Å². The third-order valence-corrected chi connectivity index (χ3v) is 15.0. The monoisotopic (exact) mass is 648 g/mol. The molecular weight excluding hydrogens is 588 g/mol. The number of piperazine rings is 1. The molecule has 9 nitrogen and oxygen atoms in total. The Morgan fingerprint density at radius 2 is 1.69 bits per heavy atom. The maximum atomic E-state index is 13.5. The van der Waals surface area contributed by atoms with Gasteiger partial charge in [-0.2, -0.15) is 0 Å². The fourth-order valence-electron chi connectivity index (χ4n) is 6.41. The van der Waals surface area contributed by atoms with E-state index in [2.05, 4.69) is 38.8 Å². The minimum absolute atomic E-state index is 0.0274. The number of nitrogens with zero attached hydrogens (tertiary/aromatic N) is 2. The predicted octanol–water partition coefficient (Wildman–Crippen LogP) is 6.41. The highest BCUT2D eigenvalue weighted by Gasteiger charge is 2.42. The Hall–Kier alpha value is -2.01. The number of aldehydes is 1. The van der Waals surface area contributed by atoms with Gasteiger partial charge >= 0.3 is 12.1 Å². The van der Waals surface area contributed by atoms with E-state index in [0.717, 1.165) is 13.1 Å². The molecule has 0 radical (unpaired) electrons. The van der Waals surface area contributed by atoms with E-state index in [0.29, 0.717) is 37.4 Å². The van der Waals surface area contributed by atoms with Crippen molar-refractivity contribution in [3.05, 3.63) is 23.8 Å². The number of rotatable bonds is 6. The summed E-state index contributed by atoms with van der Waals surface area (Å²) in [4.78, 5) is 42.3. The van der Waals surface area contributed by atoms with Crippen LogP contribution in [0.4, 0.5) is 4.79 Å².